The molecule has 2 aromatic carbocycles. The minimum atomic E-state index is -1.04. The molecule has 2 fully saturated rings. The molecule has 2 saturated heterocycles. The highest BCUT2D eigenvalue weighted by atomic mass is 16.5. The number of hydrogen-bond acceptors (Lipinski definition) is 5. The molecular weight excluding hydrogens is 466 g/mol. The lowest BCUT2D eigenvalue weighted by Gasteiger charge is -2.48. The quantitative estimate of drug-likeness (QED) is 0.504. The first-order valence-corrected chi connectivity index (χ1v) is 13.5. The average Bonchev–Trinajstić information content (AvgIpc) is 2.95. The van der Waals surface area contributed by atoms with Crippen molar-refractivity contribution in [1.82, 2.24) is 9.80 Å². The van der Waals surface area contributed by atoms with Gasteiger partial charge in [0.15, 0.2) is 0 Å². The van der Waals surface area contributed by atoms with Crippen LogP contribution in [0.3, 0.4) is 0 Å². The summed E-state index contributed by atoms with van der Waals surface area (Å²) in [5.74, 6) is 1.20. The molecule has 0 bridgehead atoms. The first-order chi connectivity index (χ1) is 17.9. The maximum Gasteiger partial charge on any atom is 0.254 e. The first kappa shape index (κ1) is 27.0. The number of anilines is 1. The largest absolute Gasteiger partial charge is 0.497 e. The second kappa shape index (κ2) is 12.0. The molecule has 2 aliphatic rings. The zero-order chi connectivity index (χ0) is 26.4. The van der Waals surface area contributed by atoms with Crippen molar-refractivity contribution in [2.45, 2.75) is 64.0 Å². The molecule has 7 nitrogen and oxygen atoms in total. The molecule has 2 aromatic rings. The predicted molar refractivity (Wildman–Crippen MR) is 146 cm³/mol. The summed E-state index contributed by atoms with van der Waals surface area (Å²) in [6.45, 7) is 6.70. The van der Waals surface area contributed by atoms with Crippen LogP contribution in [-0.4, -0.2) is 67.0 Å². The van der Waals surface area contributed by atoms with Crippen molar-refractivity contribution in [3.63, 3.8) is 0 Å². The van der Waals surface area contributed by atoms with Gasteiger partial charge in [-0.1, -0.05) is 31.5 Å². The number of amides is 2. The Hall–Kier alpha value is -3.06. The van der Waals surface area contributed by atoms with Gasteiger partial charge in [-0.05, 0) is 70.2 Å². The fraction of sp³-hybridized carbons (Fsp3) is 0.533. The van der Waals surface area contributed by atoms with Crippen molar-refractivity contribution in [3.8, 4) is 11.5 Å². The summed E-state index contributed by atoms with van der Waals surface area (Å²) >= 11 is 0. The molecule has 0 saturated carbocycles. The Morgan fingerprint density at radius 3 is 2.32 bits per heavy atom. The molecule has 3 atom stereocenters. The normalized spacial score (nSPS) is 21.3. The summed E-state index contributed by atoms with van der Waals surface area (Å²) in [7, 11) is 3.16. The summed E-state index contributed by atoms with van der Waals surface area (Å²) in [5, 5.41) is 3.06. The van der Waals surface area contributed by atoms with E-state index in [1.165, 1.54) is 12.8 Å². The monoisotopic (exact) mass is 507 g/mol. The number of rotatable bonds is 9. The average molecular weight is 508 g/mol. The first-order valence-electron chi connectivity index (χ1n) is 13.5. The van der Waals surface area contributed by atoms with Gasteiger partial charge in [0.05, 0.1) is 14.2 Å². The Balaban J connectivity index is 1.66. The molecule has 0 aliphatic carbocycles. The van der Waals surface area contributed by atoms with Crippen LogP contribution in [0.1, 0.15) is 62.7 Å². The van der Waals surface area contributed by atoms with Gasteiger partial charge in [-0.25, -0.2) is 0 Å². The number of piperidine rings is 2. The minimum absolute atomic E-state index is 0.101. The number of benzene rings is 2. The van der Waals surface area contributed by atoms with Crippen LogP contribution in [0.15, 0.2) is 48.5 Å². The molecule has 0 aromatic heterocycles. The van der Waals surface area contributed by atoms with Crippen LogP contribution in [0.2, 0.25) is 0 Å². The van der Waals surface area contributed by atoms with Gasteiger partial charge in [0.25, 0.3) is 5.91 Å². The van der Waals surface area contributed by atoms with Crippen molar-refractivity contribution in [3.05, 3.63) is 54.1 Å². The third kappa shape index (κ3) is 5.93. The molecule has 2 amide bonds. The molecule has 2 aliphatic heterocycles. The van der Waals surface area contributed by atoms with Crippen LogP contribution < -0.4 is 14.8 Å². The highest BCUT2D eigenvalue weighted by Crippen LogP contribution is 2.35. The lowest BCUT2D eigenvalue weighted by molar-refractivity contribution is -0.126. The summed E-state index contributed by atoms with van der Waals surface area (Å²) in [6.07, 6.45) is 6.33. The van der Waals surface area contributed by atoms with Crippen LogP contribution in [0.4, 0.5) is 5.69 Å². The van der Waals surface area contributed by atoms with Crippen molar-refractivity contribution in [1.29, 1.82) is 0 Å². The number of carbonyl (C=O) groups excluding carboxylic acids is 2. The van der Waals surface area contributed by atoms with E-state index in [1.54, 1.807) is 32.4 Å². The van der Waals surface area contributed by atoms with Gasteiger partial charge in [0.1, 0.15) is 17.0 Å². The van der Waals surface area contributed by atoms with Gasteiger partial charge >= 0.3 is 0 Å². The van der Waals surface area contributed by atoms with Gasteiger partial charge in [0.2, 0.25) is 5.91 Å². The molecule has 0 unspecified atom stereocenters. The maximum absolute atomic E-state index is 14.0. The smallest absolute Gasteiger partial charge is 0.254 e. The molecule has 200 valence electrons. The third-order valence-corrected chi connectivity index (χ3v) is 8.29. The van der Waals surface area contributed by atoms with Gasteiger partial charge in [-0.15, -0.1) is 0 Å². The topological polar surface area (TPSA) is 71.1 Å². The molecule has 4 rings (SSSR count). The third-order valence-electron chi connectivity index (χ3n) is 8.29. The standard InChI is InChI=1S/C30H41N3O4/c1-5-30(2,29(35)31-24-18-25(36-3)20-26(19-24)37-4)33(28(34)22-12-7-6-8-13-22)21-23-14-11-17-32-16-10-9-15-27(23)32/h6-8,12-13,18-20,23,27H,5,9-11,14-17,21H2,1-4H3,(H,31,35)/t23-,27-,30-/m0/s1. The fourth-order valence-corrected chi connectivity index (χ4v) is 5.89. The van der Waals surface area contributed by atoms with E-state index in [0.29, 0.717) is 47.7 Å². The van der Waals surface area contributed by atoms with E-state index in [4.69, 9.17) is 9.47 Å². The number of hydrogen-bond donors (Lipinski definition) is 1. The van der Waals surface area contributed by atoms with Crippen LogP contribution in [0, 0.1) is 5.92 Å². The van der Waals surface area contributed by atoms with Gasteiger partial charge in [0, 0.05) is 42.0 Å². The van der Waals surface area contributed by atoms with Crippen molar-refractivity contribution < 1.29 is 19.1 Å². The van der Waals surface area contributed by atoms with Crippen molar-refractivity contribution >= 4 is 17.5 Å². The predicted octanol–water partition coefficient (Wildman–Crippen LogP) is 5.22. The fourth-order valence-electron chi connectivity index (χ4n) is 5.89. The molecule has 0 spiro atoms. The number of nitrogens with one attached hydrogen (secondary N) is 1. The van der Waals surface area contributed by atoms with Crippen molar-refractivity contribution in [2.24, 2.45) is 5.92 Å². The molecular formula is C30H41N3O4. The lowest BCUT2D eigenvalue weighted by atomic mass is 9.81. The van der Waals surface area contributed by atoms with Crippen LogP contribution >= 0.6 is 0 Å². The highest BCUT2D eigenvalue weighted by molar-refractivity contribution is 6.03. The van der Waals surface area contributed by atoms with E-state index >= 15 is 0 Å². The summed E-state index contributed by atoms with van der Waals surface area (Å²) < 4.78 is 10.8. The molecule has 7 heteroatoms. The van der Waals surface area contributed by atoms with Crippen LogP contribution in [-0.2, 0) is 4.79 Å². The van der Waals surface area contributed by atoms with E-state index in [9.17, 15) is 9.59 Å². The van der Waals surface area contributed by atoms with E-state index < -0.39 is 5.54 Å². The second-order valence-corrected chi connectivity index (χ2v) is 10.5. The summed E-state index contributed by atoms with van der Waals surface area (Å²) in [4.78, 5) is 32.5. The van der Waals surface area contributed by atoms with E-state index in [-0.39, 0.29) is 11.8 Å². The number of ether oxygens (including phenoxy) is 2. The zero-order valence-electron chi connectivity index (χ0n) is 22.7. The number of methoxy groups -OCH3 is 2. The summed E-state index contributed by atoms with van der Waals surface area (Å²) in [6, 6.07) is 15.1. The van der Waals surface area contributed by atoms with Gasteiger partial charge in [-0.2, -0.15) is 0 Å². The van der Waals surface area contributed by atoms with Crippen molar-refractivity contribution in [2.75, 3.05) is 39.2 Å². The number of nitrogens with zero attached hydrogens (tertiary/aromatic N) is 2. The van der Waals surface area contributed by atoms with E-state index in [2.05, 4.69) is 10.2 Å². The maximum atomic E-state index is 14.0. The Labute approximate surface area is 221 Å². The highest BCUT2D eigenvalue weighted by Gasteiger charge is 2.44. The SMILES string of the molecule is CC[C@@](C)(C(=O)Nc1cc(OC)cc(OC)c1)N(C[C@@H]1CCCN2CCCC[C@@H]12)C(=O)c1ccccc1. The zero-order valence-corrected chi connectivity index (χ0v) is 22.7. The number of fused-ring (bicyclic) bond motifs is 1. The minimum Gasteiger partial charge on any atom is -0.497 e. The molecule has 0 radical (unpaired) electrons. The van der Waals surface area contributed by atoms with Gasteiger partial charge < -0.3 is 24.6 Å². The Morgan fingerprint density at radius 1 is 1.00 bits per heavy atom. The lowest BCUT2D eigenvalue weighted by Crippen LogP contribution is -2.60. The van der Waals surface area contributed by atoms with E-state index in [0.717, 1.165) is 32.4 Å². The Morgan fingerprint density at radius 2 is 1.68 bits per heavy atom. The second-order valence-electron chi connectivity index (χ2n) is 10.5. The molecule has 1 N–H and O–H groups in total. The molecule has 2 heterocycles. The van der Waals surface area contributed by atoms with Gasteiger partial charge in [-0.3, -0.25) is 9.59 Å². The Kier molecular flexibility index (Phi) is 8.75. The summed E-state index contributed by atoms with van der Waals surface area (Å²) in [5.41, 5.74) is 0.138. The van der Waals surface area contributed by atoms with Crippen LogP contribution in [0.25, 0.3) is 0 Å². The Bertz CT molecular complexity index is 1050. The molecule has 37 heavy (non-hydrogen) atoms. The van der Waals surface area contributed by atoms with E-state index in [1.807, 2.05) is 49.1 Å². The van der Waals surface area contributed by atoms with Crippen LogP contribution in [0.5, 0.6) is 11.5 Å². The number of carbonyl (C=O) groups is 2.